The molecule has 3 N–H and O–H groups in total. The van der Waals surface area contributed by atoms with Crippen molar-refractivity contribution in [1.82, 2.24) is 9.55 Å². The van der Waals surface area contributed by atoms with E-state index in [9.17, 15) is 0 Å². The third-order valence-corrected chi connectivity index (χ3v) is 3.00. The summed E-state index contributed by atoms with van der Waals surface area (Å²) >= 11 is 5.12. The second-order valence-corrected chi connectivity index (χ2v) is 4.21. The van der Waals surface area contributed by atoms with Crippen molar-refractivity contribution in [1.29, 1.82) is 0 Å². The highest BCUT2D eigenvalue weighted by Crippen LogP contribution is 2.29. The molecule has 0 radical (unpaired) electrons. The van der Waals surface area contributed by atoms with Crippen LogP contribution in [0.1, 0.15) is 25.5 Å². The number of hydrogen-bond donors (Lipinski definition) is 2. The molecule has 1 saturated heterocycles. The van der Waals surface area contributed by atoms with Crippen molar-refractivity contribution >= 4 is 18.0 Å². The van der Waals surface area contributed by atoms with Gasteiger partial charge in [0.05, 0.1) is 6.10 Å². The predicted molar refractivity (Wildman–Crippen MR) is 62.3 cm³/mol. The quantitative estimate of drug-likeness (QED) is 0.779. The summed E-state index contributed by atoms with van der Waals surface area (Å²) in [6, 6.07) is 1.71. The lowest BCUT2D eigenvalue weighted by atomic mass is 10.2. The molecule has 0 bridgehead atoms. The smallest absolute Gasteiger partial charge is 0.203 e. The molecule has 1 fully saturated rings. The van der Waals surface area contributed by atoms with E-state index in [0.717, 1.165) is 12.8 Å². The normalized spacial score (nSPS) is 24.8. The molecule has 2 heterocycles. The number of nitrogens with two attached hydrogens (primary N) is 1. The van der Waals surface area contributed by atoms with E-state index < -0.39 is 0 Å². The Kier molecular flexibility index (Phi) is 3.52. The number of nitrogen functional groups attached to an aromatic ring is 1. The molecule has 1 aromatic rings. The number of anilines is 1. The SMILES string of the molecule is Nc1ccn([C@H]2CC[C@@H](CCO)O2)c(=S)n1. The molecule has 0 saturated carbocycles. The van der Waals surface area contributed by atoms with E-state index in [0.29, 0.717) is 17.0 Å². The first-order valence-corrected chi connectivity index (χ1v) is 5.72. The molecule has 1 aromatic heterocycles. The highest BCUT2D eigenvalue weighted by molar-refractivity contribution is 7.71. The van der Waals surface area contributed by atoms with Crippen molar-refractivity contribution in [2.24, 2.45) is 0 Å². The molecule has 1 aliphatic rings. The zero-order chi connectivity index (χ0) is 11.5. The van der Waals surface area contributed by atoms with Crippen LogP contribution in [0.5, 0.6) is 0 Å². The highest BCUT2D eigenvalue weighted by Gasteiger charge is 2.26. The maximum absolute atomic E-state index is 8.84. The van der Waals surface area contributed by atoms with E-state index in [1.807, 2.05) is 4.57 Å². The second kappa shape index (κ2) is 4.90. The van der Waals surface area contributed by atoms with Gasteiger partial charge in [-0.1, -0.05) is 0 Å². The van der Waals surface area contributed by atoms with E-state index >= 15 is 0 Å². The van der Waals surface area contributed by atoms with Gasteiger partial charge in [-0.05, 0) is 37.5 Å². The molecule has 0 aliphatic carbocycles. The third kappa shape index (κ3) is 2.40. The first-order valence-electron chi connectivity index (χ1n) is 5.31. The summed E-state index contributed by atoms with van der Waals surface area (Å²) in [4.78, 5) is 4.02. The average Bonchev–Trinajstić information content (AvgIpc) is 2.67. The number of nitrogens with zero attached hydrogens (tertiary/aromatic N) is 2. The van der Waals surface area contributed by atoms with Gasteiger partial charge in [-0.3, -0.25) is 4.57 Å². The van der Waals surface area contributed by atoms with Gasteiger partial charge < -0.3 is 15.6 Å². The van der Waals surface area contributed by atoms with Gasteiger partial charge in [0.1, 0.15) is 12.0 Å². The number of hydrogen-bond acceptors (Lipinski definition) is 5. The molecule has 16 heavy (non-hydrogen) atoms. The fourth-order valence-electron chi connectivity index (χ4n) is 1.89. The topological polar surface area (TPSA) is 73.3 Å². The van der Waals surface area contributed by atoms with Crippen LogP contribution in [-0.4, -0.2) is 27.4 Å². The van der Waals surface area contributed by atoms with Gasteiger partial charge in [0.25, 0.3) is 0 Å². The largest absolute Gasteiger partial charge is 0.396 e. The minimum absolute atomic E-state index is 0.0721. The summed E-state index contributed by atoms with van der Waals surface area (Å²) in [5.74, 6) is 0.422. The Hall–Kier alpha value is -0.980. The van der Waals surface area contributed by atoms with Crippen molar-refractivity contribution < 1.29 is 9.84 Å². The lowest BCUT2D eigenvalue weighted by Gasteiger charge is -2.16. The van der Waals surface area contributed by atoms with E-state index in [2.05, 4.69) is 4.98 Å². The molecule has 0 spiro atoms. The Bertz CT molecular complexity index is 421. The zero-order valence-electron chi connectivity index (χ0n) is 8.87. The molecule has 0 unspecified atom stereocenters. The van der Waals surface area contributed by atoms with Gasteiger partial charge in [-0.2, -0.15) is 0 Å². The molecule has 88 valence electrons. The average molecular weight is 241 g/mol. The van der Waals surface area contributed by atoms with Crippen LogP contribution in [0.2, 0.25) is 0 Å². The van der Waals surface area contributed by atoms with Crippen molar-refractivity contribution in [2.75, 3.05) is 12.3 Å². The first-order chi connectivity index (χ1) is 7.70. The van der Waals surface area contributed by atoms with Crippen LogP contribution in [0.3, 0.4) is 0 Å². The second-order valence-electron chi connectivity index (χ2n) is 3.84. The monoisotopic (exact) mass is 241 g/mol. The standard InChI is InChI=1S/C10H15N3O2S/c11-8-3-5-13(10(16)12-8)9-2-1-7(15-9)4-6-14/h3,5,7,9,14H,1-2,4,6H2,(H2,11,12,16)/t7-,9+/m0/s1. The Morgan fingerprint density at radius 2 is 2.44 bits per heavy atom. The molecule has 0 aromatic carbocycles. The van der Waals surface area contributed by atoms with Gasteiger partial charge >= 0.3 is 0 Å². The number of ether oxygens (including phenoxy) is 1. The molecular formula is C10H15N3O2S. The Labute approximate surface area is 98.9 Å². The van der Waals surface area contributed by atoms with Crippen LogP contribution < -0.4 is 5.73 Å². The third-order valence-electron chi connectivity index (χ3n) is 2.70. The van der Waals surface area contributed by atoms with Crippen LogP contribution in [0.4, 0.5) is 5.82 Å². The van der Waals surface area contributed by atoms with E-state index in [4.69, 9.17) is 27.8 Å². The minimum atomic E-state index is -0.0721. The van der Waals surface area contributed by atoms with Crippen LogP contribution >= 0.6 is 12.2 Å². The van der Waals surface area contributed by atoms with Gasteiger partial charge in [-0.15, -0.1) is 0 Å². The first kappa shape index (κ1) is 11.5. The number of aliphatic hydroxyl groups is 1. The molecule has 2 rings (SSSR count). The van der Waals surface area contributed by atoms with Crippen molar-refractivity contribution in [3.05, 3.63) is 17.0 Å². The van der Waals surface area contributed by atoms with Crippen LogP contribution in [0.25, 0.3) is 0 Å². The van der Waals surface area contributed by atoms with Crippen molar-refractivity contribution in [3.63, 3.8) is 0 Å². The van der Waals surface area contributed by atoms with Crippen molar-refractivity contribution in [2.45, 2.75) is 31.6 Å². The number of aromatic nitrogens is 2. The Morgan fingerprint density at radius 3 is 3.12 bits per heavy atom. The molecule has 6 heteroatoms. The molecule has 0 amide bonds. The van der Waals surface area contributed by atoms with Gasteiger partial charge in [0, 0.05) is 12.8 Å². The van der Waals surface area contributed by atoms with Crippen LogP contribution in [-0.2, 0) is 4.74 Å². The van der Waals surface area contributed by atoms with Crippen molar-refractivity contribution in [3.8, 4) is 0 Å². The number of aliphatic hydroxyl groups excluding tert-OH is 1. The molecular weight excluding hydrogens is 226 g/mol. The highest BCUT2D eigenvalue weighted by atomic mass is 32.1. The van der Waals surface area contributed by atoms with Crippen LogP contribution in [0.15, 0.2) is 12.3 Å². The molecule has 1 aliphatic heterocycles. The zero-order valence-corrected chi connectivity index (χ0v) is 9.69. The summed E-state index contributed by atoms with van der Waals surface area (Å²) in [6.45, 7) is 0.156. The number of rotatable bonds is 3. The maximum atomic E-state index is 8.84. The van der Waals surface area contributed by atoms with Gasteiger partial charge in [0.15, 0.2) is 0 Å². The summed E-state index contributed by atoms with van der Waals surface area (Å²) < 4.78 is 8.01. The molecule has 5 nitrogen and oxygen atoms in total. The van der Waals surface area contributed by atoms with Gasteiger partial charge in [-0.25, -0.2) is 4.98 Å². The lowest BCUT2D eigenvalue weighted by Crippen LogP contribution is -2.14. The van der Waals surface area contributed by atoms with E-state index in [-0.39, 0.29) is 18.9 Å². The van der Waals surface area contributed by atoms with Crippen LogP contribution in [0, 0.1) is 4.77 Å². The fraction of sp³-hybridized carbons (Fsp3) is 0.600. The summed E-state index contributed by atoms with van der Waals surface area (Å²) in [6.07, 6.45) is 4.36. The predicted octanol–water partition coefficient (Wildman–Crippen LogP) is 1.25. The van der Waals surface area contributed by atoms with E-state index in [1.165, 1.54) is 0 Å². The van der Waals surface area contributed by atoms with E-state index in [1.54, 1.807) is 12.3 Å². The van der Waals surface area contributed by atoms with Gasteiger partial charge in [0.2, 0.25) is 4.77 Å². The summed E-state index contributed by atoms with van der Waals surface area (Å²) in [7, 11) is 0. The lowest BCUT2D eigenvalue weighted by molar-refractivity contribution is -0.00912. The Morgan fingerprint density at radius 1 is 1.62 bits per heavy atom. The summed E-state index contributed by atoms with van der Waals surface area (Å²) in [5, 5.41) is 8.84. The summed E-state index contributed by atoms with van der Waals surface area (Å²) in [5.41, 5.74) is 5.54. The maximum Gasteiger partial charge on any atom is 0.203 e. The minimum Gasteiger partial charge on any atom is -0.396 e. The Balaban J connectivity index is 2.11. The fourth-order valence-corrected chi connectivity index (χ4v) is 2.18. The molecule has 2 atom stereocenters.